The van der Waals surface area contributed by atoms with E-state index in [1.54, 1.807) is 12.1 Å². The van der Waals surface area contributed by atoms with E-state index in [2.05, 4.69) is 10.3 Å². The molecule has 0 aromatic carbocycles. The van der Waals surface area contributed by atoms with E-state index in [1.165, 1.54) is 0 Å². The standard InChI is InChI=1S/C12H14ClN3O/c13-8-5-6-12(16-10(8)7-14)15-9-3-1-2-4-11(9)17/h5-6,9,11,17H,1-4H2,(H,15,16)/t9-,11-/m0/s1. The second kappa shape index (κ2) is 5.35. The van der Waals surface area contributed by atoms with Crippen LogP contribution in [0.5, 0.6) is 0 Å². The Balaban J connectivity index is 2.10. The molecule has 2 rings (SSSR count). The van der Waals surface area contributed by atoms with Crippen molar-refractivity contribution >= 4 is 17.4 Å². The van der Waals surface area contributed by atoms with Crippen molar-refractivity contribution in [2.45, 2.75) is 37.8 Å². The van der Waals surface area contributed by atoms with Gasteiger partial charge in [0.1, 0.15) is 11.9 Å². The number of aliphatic hydroxyl groups excluding tert-OH is 1. The first-order valence-corrected chi connectivity index (χ1v) is 6.10. The monoisotopic (exact) mass is 251 g/mol. The first-order valence-electron chi connectivity index (χ1n) is 5.72. The van der Waals surface area contributed by atoms with Crippen LogP contribution in [0.3, 0.4) is 0 Å². The molecule has 1 heterocycles. The number of rotatable bonds is 2. The normalized spacial score (nSPS) is 24.1. The fourth-order valence-electron chi connectivity index (χ4n) is 2.07. The maximum absolute atomic E-state index is 9.83. The van der Waals surface area contributed by atoms with Gasteiger partial charge in [-0.2, -0.15) is 5.26 Å². The summed E-state index contributed by atoms with van der Waals surface area (Å²) in [5.41, 5.74) is 0.210. The van der Waals surface area contributed by atoms with Crippen molar-refractivity contribution in [3.63, 3.8) is 0 Å². The molecule has 0 saturated heterocycles. The van der Waals surface area contributed by atoms with Crippen molar-refractivity contribution in [2.24, 2.45) is 0 Å². The summed E-state index contributed by atoms with van der Waals surface area (Å²) in [6, 6.07) is 5.33. The number of nitrogens with zero attached hydrogens (tertiary/aromatic N) is 2. The fourth-order valence-corrected chi connectivity index (χ4v) is 2.22. The molecule has 17 heavy (non-hydrogen) atoms. The molecule has 1 aromatic heterocycles. The van der Waals surface area contributed by atoms with Gasteiger partial charge >= 0.3 is 0 Å². The number of pyridine rings is 1. The van der Waals surface area contributed by atoms with Crippen LogP contribution in [0.25, 0.3) is 0 Å². The van der Waals surface area contributed by atoms with E-state index < -0.39 is 0 Å². The number of hydrogen-bond acceptors (Lipinski definition) is 4. The Hall–Kier alpha value is -1.31. The van der Waals surface area contributed by atoms with Gasteiger partial charge in [-0.05, 0) is 25.0 Å². The second-order valence-electron chi connectivity index (χ2n) is 4.24. The second-order valence-corrected chi connectivity index (χ2v) is 4.65. The van der Waals surface area contributed by atoms with E-state index in [4.69, 9.17) is 16.9 Å². The van der Waals surface area contributed by atoms with Gasteiger partial charge < -0.3 is 10.4 Å². The van der Waals surface area contributed by atoms with Crippen LogP contribution in [-0.2, 0) is 0 Å². The zero-order chi connectivity index (χ0) is 12.3. The van der Waals surface area contributed by atoms with Crippen molar-refractivity contribution in [2.75, 3.05) is 5.32 Å². The van der Waals surface area contributed by atoms with E-state index in [0.29, 0.717) is 10.8 Å². The average Bonchev–Trinajstić information content (AvgIpc) is 2.34. The quantitative estimate of drug-likeness (QED) is 0.846. The van der Waals surface area contributed by atoms with Gasteiger partial charge in [0, 0.05) is 0 Å². The van der Waals surface area contributed by atoms with Gasteiger partial charge in [-0.15, -0.1) is 0 Å². The van der Waals surface area contributed by atoms with Crippen molar-refractivity contribution in [3.8, 4) is 6.07 Å². The van der Waals surface area contributed by atoms with Crippen LogP contribution >= 0.6 is 11.6 Å². The van der Waals surface area contributed by atoms with E-state index >= 15 is 0 Å². The lowest BCUT2D eigenvalue weighted by Gasteiger charge is -2.28. The highest BCUT2D eigenvalue weighted by molar-refractivity contribution is 6.31. The lowest BCUT2D eigenvalue weighted by atomic mass is 9.92. The number of nitrogens with one attached hydrogen (secondary N) is 1. The van der Waals surface area contributed by atoms with E-state index in [0.717, 1.165) is 25.7 Å². The summed E-state index contributed by atoms with van der Waals surface area (Å²) in [5, 5.41) is 22.2. The summed E-state index contributed by atoms with van der Waals surface area (Å²) in [7, 11) is 0. The summed E-state index contributed by atoms with van der Waals surface area (Å²) in [6.07, 6.45) is 3.57. The smallest absolute Gasteiger partial charge is 0.161 e. The molecule has 0 bridgehead atoms. The highest BCUT2D eigenvalue weighted by Gasteiger charge is 2.23. The van der Waals surface area contributed by atoms with E-state index in [1.807, 2.05) is 6.07 Å². The summed E-state index contributed by atoms with van der Waals surface area (Å²) < 4.78 is 0. The molecule has 1 aliphatic rings. The van der Waals surface area contributed by atoms with Crippen molar-refractivity contribution < 1.29 is 5.11 Å². The summed E-state index contributed by atoms with van der Waals surface area (Å²) in [5.74, 6) is 0.594. The minimum absolute atomic E-state index is 0.0176. The third-order valence-corrected chi connectivity index (χ3v) is 3.32. The number of hydrogen-bond donors (Lipinski definition) is 2. The lowest BCUT2D eigenvalue weighted by Crippen LogP contribution is -2.36. The molecule has 0 amide bonds. The van der Waals surface area contributed by atoms with Crippen LogP contribution in [0, 0.1) is 11.3 Å². The number of anilines is 1. The lowest BCUT2D eigenvalue weighted by molar-refractivity contribution is 0.116. The molecule has 5 heteroatoms. The van der Waals surface area contributed by atoms with Gasteiger partial charge in [-0.3, -0.25) is 0 Å². The molecule has 1 saturated carbocycles. The molecular formula is C12H14ClN3O. The predicted molar refractivity (Wildman–Crippen MR) is 65.8 cm³/mol. The van der Waals surface area contributed by atoms with Crippen LogP contribution in [0.4, 0.5) is 5.82 Å². The summed E-state index contributed by atoms with van der Waals surface area (Å²) in [6.45, 7) is 0. The molecule has 0 unspecified atom stereocenters. The van der Waals surface area contributed by atoms with Crippen LogP contribution in [-0.4, -0.2) is 22.2 Å². The molecule has 90 valence electrons. The zero-order valence-corrected chi connectivity index (χ0v) is 10.1. The van der Waals surface area contributed by atoms with Crippen molar-refractivity contribution in [1.82, 2.24) is 4.98 Å². The predicted octanol–water partition coefficient (Wildman–Crippen LogP) is 2.32. The van der Waals surface area contributed by atoms with Crippen molar-refractivity contribution in [1.29, 1.82) is 5.26 Å². The Morgan fingerprint density at radius 2 is 2.18 bits per heavy atom. The Kier molecular flexibility index (Phi) is 3.82. The average molecular weight is 252 g/mol. The Labute approximate surface area is 105 Å². The third-order valence-electron chi connectivity index (χ3n) is 3.01. The minimum Gasteiger partial charge on any atom is -0.391 e. The van der Waals surface area contributed by atoms with E-state index in [9.17, 15) is 5.11 Å². The van der Waals surface area contributed by atoms with Crippen LogP contribution in [0.15, 0.2) is 12.1 Å². The molecule has 1 aromatic rings. The molecular weight excluding hydrogens is 238 g/mol. The Morgan fingerprint density at radius 1 is 1.41 bits per heavy atom. The minimum atomic E-state index is -0.341. The molecule has 0 aliphatic heterocycles. The van der Waals surface area contributed by atoms with E-state index in [-0.39, 0.29) is 17.8 Å². The van der Waals surface area contributed by atoms with Gasteiger partial charge in [0.25, 0.3) is 0 Å². The van der Waals surface area contributed by atoms with Gasteiger partial charge in [-0.1, -0.05) is 24.4 Å². The Bertz CT molecular complexity index is 444. The maximum atomic E-state index is 9.83. The van der Waals surface area contributed by atoms with Crippen LogP contribution in [0.1, 0.15) is 31.4 Å². The number of halogens is 1. The van der Waals surface area contributed by atoms with Gasteiger partial charge in [-0.25, -0.2) is 4.98 Å². The van der Waals surface area contributed by atoms with Crippen LogP contribution < -0.4 is 5.32 Å². The fraction of sp³-hybridized carbons (Fsp3) is 0.500. The number of nitriles is 1. The third kappa shape index (κ3) is 2.87. The first-order chi connectivity index (χ1) is 8.20. The maximum Gasteiger partial charge on any atom is 0.161 e. The van der Waals surface area contributed by atoms with Crippen LogP contribution in [0.2, 0.25) is 5.02 Å². The van der Waals surface area contributed by atoms with Gasteiger partial charge in [0.05, 0.1) is 17.2 Å². The van der Waals surface area contributed by atoms with Crippen molar-refractivity contribution in [3.05, 3.63) is 22.8 Å². The number of aliphatic hydroxyl groups is 1. The molecule has 0 radical (unpaired) electrons. The largest absolute Gasteiger partial charge is 0.391 e. The Morgan fingerprint density at radius 3 is 2.88 bits per heavy atom. The molecule has 0 spiro atoms. The molecule has 2 atom stereocenters. The number of aromatic nitrogens is 1. The molecule has 1 fully saturated rings. The van der Waals surface area contributed by atoms with Gasteiger partial charge in [0.2, 0.25) is 0 Å². The SMILES string of the molecule is N#Cc1nc(N[C@H]2CCCC[C@@H]2O)ccc1Cl. The molecule has 1 aliphatic carbocycles. The topological polar surface area (TPSA) is 68.9 Å². The zero-order valence-electron chi connectivity index (χ0n) is 9.36. The molecule has 4 nitrogen and oxygen atoms in total. The first kappa shape index (κ1) is 12.2. The summed E-state index contributed by atoms with van der Waals surface area (Å²) in [4.78, 5) is 4.10. The highest BCUT2D eigenvalue weighted by atomic mass is 35.5. The molecule has 2 N–H and O–H groups in total. The van der Waals surface area contributed by atoms with Gasteiger partial charge in [0.15, 0.2) is 5.69 Å². The highest BCUT2D eigenvalue weighted by Crippen LogP contribution is 2.23. The summed E-state index contributed by atoms with van der Waals surface area (Å²) >= 11 is 5.81.